The van der Waals surface area contributed by atoms with Gasteiger partial charge in [0.25, 0.3) is 5.69 Å². The Labute approximate surface area is 136 Å². The zero-order valence-electron chi connectivity index (χ0n) is 12.4. The second-order valence-electron chi connectivity index (χ2n) is 5.00. The summed E-state index contributed by atoms with van der Waals surface area (Å²) >= 11 is 0. The van der Waals surface area contributed by atoms with Gasteiger partial charge in [-0.2, -0.15) is 0 Å². The quantitative estimate of drug-likeness (QED) is 0.406. The Kier molecular flexibility index (Phi) is 4.42. The van der Waals surface area contributed by atoms with Crippen molar-refractivity contribution in [1.82, 2.24) is 4.98 Å². The van der Waals surface area contributed by atoms with E-state index in [1.54, 1.807) is 30.5 Å². The first-order chi connectivity index (χ1) is 11.6. The molecule has 6 nitrogen and oxygen atoms in total. The van der Waals surface area contributed by atoms with Crippen LogP contribution in [0.5, 0.6) is 0 Å². The van der Waals surface area contributed by atoms with Crippen molar-refractivity contribution in [2.45, 2.75) is 6.61 Å². The number of rotatable bonds is 5. The average Bonchev–Trinajstić information content (AvgIpc) is 2.58. The van der Waals surface area contributed by atoms with Crippen LogP contribution in [0.25, 0.3) is 10.9 Å². The van der Waals surface area contributed by atoms with E-state index >= 15 is 0 Å². The highest BCUT2D eigenvalue weighted by atomic mass is 19.1. The maximum atomic E-state index is 13.6. The van der Waals surface area contributed by atoms with E-state index in [4.69, 9.17) is 4.84 Å². The van der Waals surface area contributed by atoms with Gasteiger partial charge < -0.3 is 4.84 Å². The normalized spacial score (nSPS) is 11.0. The summed E-state index contributed by atoms with van der Waals surface area (Å²) in [7, 11) is 0. The van der Waals surface area contributed by atoms with Crippen LogP contribution < -0.4 is 0 Å². The number of fused-ring (bicyclic) bond motifs is 1. The Bertz CT molecular complexity index is 911. The number of hydrogen-bond donors (Lipinski definition) is 0. The Hall–Kier alpha value is -3.35. The largest absolute Gasteiger partial charge is 0.391 e. The fourth-order valence-corrected chi connectivity index (χ4v) is 2.22. The lowest BCUT2D eigenvalue weighted by Gasteiger charge is -2.05. The van der Waals surface area contributed by atoms with Crippen LogP contribution >= 0.6 is 0 Å². The molecule has 0 saturated heterocycles. The van der Waals surface area contributed by atoms with Gasteiger partial charge in [-0.25, -0.2) is 4.39 Å². The second-order valence-corrected chi connectivity index (χ2v) is 5.00. The molecule has 0 saturated carbocycles. The minimum Gasteiger partial charge on any atom is -0.391 e. The first kappa shape index (κ1) is 15.5. The van der Waals surface area contributed by atoms with Crippen molar-refractivity contribution in [2.24, 2.45) is 5.16 Å². The van der Waals surface area contributed by atoms with Gasteiger partial charge in [0.2, 0.25) is 0 Å². The van der Waals surface area contributed by atoms with E-state index in [1.165, 1.54) is 30.5 Å². The lowest BCUT2D eigenvalue weighted by atomic mass is 10.1. The number of halogens is 1. The number of nitro benzene ring substituents is 1. The molecule has 0 N–H and O–H groups in total. The van der Waals surface area contributed by atoms with Crippen LogP contribution in [0, 0.1) is 15.9 Å². The molecule has 3 rings (SSSR count). The Morgan fingerprint density at radius 2 is 2.04 bits per heavy atom. The molecule has 0 aliphatic heterocycles. The first-order valence-electron chi connectivity index (χ1n) is 7.06. The van der Waals surface area contributed by atoms with Crippen molar-refractivity contribution in [1.29, 1.82) is 0 Å². The molecule has 24 heavy (non-hydrogen) atoms. The van der Waals surface area contributed by atoms with Gasteiger partial charge >= 0.3 is 0 Å². The number of benzene rings is 2. The van der Waals surface area contributed by atoms with E-state index in [0.717, 1.165) is 0 Å². The average molecular weight is 325 g/mol. The Balaban J connectivity index is 1.69. The number of hydrogen-bond acceptors (Lipinski definition) is 5. The molecule has 0 atom stereocenters. The third-order valence-corrected chi connectivity index (χ3v) is 3.35. The highest BCUT2D eigenvalue weighted by Crippen LogP contribution is 2.19. The van der Waals surface area contributed by atoms with Crippen molar-refractivity contribution in [3.63, 3.8) is 0 Å². The maximum absolute atomic E-state index is 13.6. The zero-order chi connectivity index (χ0) is 16.9. The van der Waals surface area contributed by atoms with Crippen LogP contribution in [0.2, 0.25) is 0 Å². The molecule has 3 aromatic rings. The van der Waals surface area contributed by atoms with Crippen LogP contribution in [0.1, 0.15) is 11.1 Å². The van der Waals surface area contributed by atoms with E-state index in [1.807, 2.05) is 0 Å². The summed E-state index contributed by atoms with van der Waals surface area (Å²) < 4.78 is 13.6. The third kappa shape index (κ3) is 3.52. The summed E-state index contributed by atoms with van der Waals surface area (Å²) in [6.07, 6.45) is 3.06. The molecule has 0 spiro atoms. The molecule has 0 aliphatic rings. The maximum Gasteiger partial charge on any atom is 0.269 e. The van der Waals surface area contributed by atoms with Gasteiger partial charge in [-0.3, -0.25) is 15.1 Å². The molecule has 1 heterocycles. The van der Waals surface area contributed by atoms with Crippen LogP contribution in [0.3, 0.4) is 0 Å². The number of oxime groups is 1. The van der Waals surface area contributed by atoms with Gasteiger partial charge in [-0.1, -0.05) is 11.2 Å². The molecule has 7 heteroatoms. The number of nitro groups is 1. The fraction of sp³-hybridized carbons (Fsp3) is 0.0588. The van der Waals surface area contributed by atoms with Crippen LogP contribution in [-0.2, 0) is 11.4 Å². The van der Waals surface area contributed by atoms with E-state index in [-0.39, 0.29) is 18.1 Å². The van der Waals surface area contributed by atoms with Gasteiger partial charge in [-0.05, 0) is 35.9 Å². The van der Waals surface area contributed by atoms with E-state index in [0.29, 0.717) is 22.0 Å². The topological polar surface area (TPSA) is 77.6 Å². The minimum atomic E-state index is -0.473. The third-order valence-electron chi connectivity index (χ3n) is 3.35. The molecule has 0 amide bonds. The lowest BCUT2D eigenvalue weighted by Crippen LogP contribution is -1.94. The fourth-order valence-electron chi connectivity index (χ4n) is 2.22. The van der Waals surface area contributed by atoms with Gasteiger partial charge in [0.15, 0.2) is 0 Å². The molecule has 0 fully saturated rings. The van der Waals surface area contributed by atoms with Crippen LogP contribution in [0.4, 0.5) is 10.1 Å². The minimum absolute atomic E-state index is 0.00498. The number of non-ortho nitro benzene ring substituents is 1. The number of pyridine rings is 1. The summed E-state index contributed by atoms with van der Waals surface area (Å²) in [5.41, 5.74) is 1.91. The monoisotopic (exact) mass is 325 g/mol. The molecular weight excluding hydrogens is 313 g/mol. The molecule has 0 radical (unpaired) electrons. The van der Waals surface area contributed by atoms with Gasteiger partial charge in [0.05, 0.1) is 16.7 Å². The molecule has 0 aliphatic carbocycles. The predicted octanol–water partition coefficient (Wildman–Crippen LogP) is 3.83. The van der Waals surface area contributed by atoms with Crippen LogP contribution in [-0.4, -0.2) is 16.1 Å². The van der Waals surface area contributed by atoms with E-state index in [2.05, 4.69) is 10.1 Å². The highest BCUT2D eigenvalue weighted by molar-refractivity contribution is 5.81. The second kappa shape index (κ2) is 6.82. The van der Waals surface area contributed by atoms with Crippen molar-refractivity contribution in [2.75, 3.05) is 0 Å². The summed E-state index contributed by atoms with van der Waals surface area (Å²) in [4.78, 5) is 19.5. The van der Waals surface area contributed by atoms with Crippen molar-refractivity contribution in [3.05, 3.63) is 81.8 Å². The molecule has 2 aromatic carbocycles. The van der Waals surface area contributed by atoms with Crippen molar-refractivity contribution < 1.29 is 14.2 Å². The number of aromatic nitrogens is 1. The van der Waals surface area contributed by atoms with E-state index < -0.39 is 4.92 Å². The summed E-state index contributed by atoms with van der Waals surface area (Å²) in [5, 5.41) is 15.1. The SMILES string of the molecule is O=[N+]([O-])c1ccc(C=NOCc2cc(F)cc3cccnc23)cc1. The molecular formula is C17H12FN3O3. The van der Waals surface area contributed by atoms with Crippen molar-refractivity contribution >= 4 is 22.8 Å². The lowest BCUT2D eigenvalue weighted by molar-refractivity contribution is -0.384. The zero-order valence-corrected chi connectivity index (χ0v) is 12.4. The predicted molar refractivity (Wildman–Crippen MR) is 87.2 cm³/mol. The number of nitrogens with zero attached hydrogens (tertiary/aromatic N) is 3. The smallest absolute Gasteiger partial charge is 0.269 e. The van der Waals surface area contributed by atoms with Gasteiger partial charge in [0.1, 0.15) is 12.4 Å². The van der Waals surface area contributed by atoms with E-state index in [9.17, 15) is 14.5 Å². The Morgan fingerprint density at radius 3 is 2.79 bits per heavy atom. The van der Waals surface area contributed by atoms with Crippen molar-refractivity contribution in [3.8, 4) is 0 Å². The standard InChI is InChI=1S/C17H12FN3O3/c18-15-8-13-2-1-7-19-17(13)14(9-15)11-24-20-10-12-3-5-16(6-4-12)21(22)23/h1-10H,11H2. The summed E-state index contributed by atoms with van der Waals surface area (Å²) in [6, 6.07) is 12.2. The molecule has 120 valence electrons. The Morgan fingerprint density at radius 1 is 1.25 bits per heavy atom. The van der Waals surface area contributed by atoms with Crippen LogP contribution in [0.15, 0.2) is 59.9 Å². The summed E-state index contributed by atoms with van der Waals surface area (Å²) in [6.45, 7) is 0.0642. The first-order valence-corrected chi connectivity index (χ1v) is 7.06. The molecule has 0 bridgehead atoms. The highest BCUT2D eigenvalue weighted by Gasteiger charge is 2.06. The molecule has 1 aromatic heterocycles. The van der Waals surface area contributed by atoms with Gasteiger partial charge in [-0.15, -0.1) is 0 Å². The molecule has 0 unspecified atom stereocenters. The summed E-state index contributed by atoms with van der Waals surface area (Å²) in [5.74, 6) is -0.367. The van der Waals surface area contributed by atoms with Gasteiger partial charge in [0, 0.05) is 29.3 Å².